The maximum Gasteiger partial charge on any atom is 0.490 e. The standard InChI is InChI=1S/C28H25N3O.C2HF3O2/c1-32-25-15-11-21(12-16-25)19-29-18-20-9-13-22(14-10-20)23-5-4-6-24(17-23)28-30-26-7-2-3-8-27(26)31-28;3-2(4,5)1(6)7/h2-17,29H,18-19H2,1H3,(H,30,31);(H,6,7). The zero-order valence-corrected chi connectivity index (χ0v) is 21.0. The van der Waals surface area contributed by atoms with E-state index in [1.807, 2.05) is 30.3 Å². The van der Waals surface area contributed by atoms with E-state index in [0.717, 1.165) is 41.3 Å². The molecule has 0 bridgehead atoms. The fourth-order valence-electron chi connectivity index (χ4n) is 3.85. The van der Waals surface area contributed by atoms with E-state index in [-0.39, 0.29) is 0 Å². The molecule has 4 aromatic carbocycles. The Labute approximate surface area is 223 Å². The van der Waals surface area contributed by atoms with Gasteiger partial charge >= 0.3 is 12.1 Å². The summed E-state index contributed by atoms with van der Waals surface area (Å²) in [7, 11) is 1.69. The minimum Gasteiger partial charge on any atom is -0.497 e. The van der Waals surface area contributed by atoms with Crippen LogP contribution in [0.2, 0.25) is 0 Å². The van der Waals surface area contributed by atoms with Crippen molar-refractivity contribution in [1.29, 1.82) is 0 Å². The number of alkyl halides is 3. The maximum atomic E-state index is 10.6. The average molecular weight is 534 g/mol. The van der Waals surface area contributed by atoms with E-state index in [1.165, 1.54) is 22.3 Å². The van der Waals surface area contributed by atoms with E-state index >= 15 is 0 Å². The summed E-state index contributed by atoms with van der Waals surface area (Å²) in [6.45, 7) is 1.65. The second-order valence-electron chi connectivity index (χ2n) is 8.63. The number of fused-ring (bicyclic) bond motifs is 1. The van der Waals surface area contributed by atoms with Gasteiger partial charge in [-0.1, -0.05) is 66.7 Å². The zero-order valence-electron chi connectivity index (χ0n) is 21.0. The summed E-state index contributed by atoms with van der Waals surface area (Å²) < 4.78 is 36.9. The Morgan fingerprint density at radius 2 is 1.44 bits per heavy atom. The van der Waals surface area contributed by atoms with Crippen LogP contribution < -0.4 is 10.1 Å². The number of methoxy groups -OCH3 is 1. The normalized spacial score (nSPS) is 11.1. The van der Waals surface area contributed by atoms with Crippen LogP contribution in [0, 0.1) is 0 Å². The second-order valence-corrected chi connectivity index (χ2v) is 8.63. The number of aliphatic carboxylic acids is 1. The van der Waals surface area contributed by atoms with Gasteiger partial charge in [0.1, 0.15) is 11.6 Å². The molecule has 200 valence electrons. The highest BCUT2D eigenvalue weighted by Gasteiger charge is 2.38. The van der Waals surface area contributed by atoms with Crippen molar-refractivity contribution in [2.24, 2.45) is 0 Å². The number of para-hydroxylation sites is 2. The fraction of sp³-hybridized carbons (Fsp3) is 0.133. The van der Waals surface area contributed by atoms with E-state index in [1.54, 1.807) is 7.11 Å². The SMILES string of the molecule is COc1ccc(CNCc2ccc(-c3cccc(-c4nc5ccccc5[nH]4)c3)cc2)cc1.O=C(O)C(F)(F)F. The highest BCUT2D eigenvalue weighted by molar-refractivity contribution is 5.80. The summed E-state index contributed by atoms with van der Waals surface area (Å²) in [5.74, 6) is -0.978. The van der Waals surface area contributed by atoms with Crippen molar-refractivity contribution in [3.63, 3.8) is 0 Å². The lowest BCUT2D eigenvalue weighted by atomic mass is 10.0. The van der Waals surface area contributed by atoms with Crippen LogP contribution in [0.25, 0.3) is 33.5 Å². The molecule has 0 saturated heterocycles. The number of benzene rings is 4. The van der Waals surface area contributed by atoms with Gasteiger partial charge in [0, 0.05) is 18.7 Å². The fourth-order valence-corrected chi connectivity index (χ4v) is 3.85. The number of halogens is 3. The predicted octanol–water partition coefficient (Wildman–Crippen LogP) is 6.83. The number of H-pyrrole nitrogens is 1. The molecule has 5 rings (SSSR count). The van der Waals surface area contributed by atoms with Gasteiger partial charge in [0.05, 0.1) is 18.1 Å². The summed E-state index contributed by atoms with van der Waals surface area (Å²) in [5, 5.41) is 10.6. The second kappa shape index (κ2) is 12.3. The van der Waals surface area contributed by atoms with E-state index in [4.69, 9.17) is 19.6 Å². The number of rotatable bonds is 7. The Bertz CT molecular complexity index is 1500. The molecule has 0 fully saturated rings. The molecule has 6 nitrogen and oxygen atoms in total. The lowest BCUT2D eigenvalue weighted by Gasteiger charge is -2.08. The third-order valence-corrected chi connectivity index (χ3v) is 5.87. The molecule has 1 aromatic heterocycles. The van der Waals surface area contributed by atoms with Gasteiger partial charge in [-0.2, -0.15) is 13.2 Å². The van der Waals surface area contributed by atoms with Crippen LogP contribution >= 0.6 is 0 Å². The van der Waals surface area contributed by atoms with E-state index in [9.17, 15) is 13.2 Å². The molecular formula is C30H26F3N3O3. The van der Waals surface area contributed by atoms with E-state index in [2.05, 4.69) is 77.0 Å². The number of carbonyl (C=O) groups is 1. The van der Waals surface area contributed by atoms with Gasteiger partial charge in [-0.3, -0.25) is 0 Å². The first-order valence-corrected chi connectivity index (χ1v) is 12.0. The minimum absolute atomic E-state index is 0.825. The first kappa shape index (κ1) is 27.4. The number of nitrogens with one attached hydrogen (secondary N) is 2. The summed E-state index contributed by atoms with van der Waals surface area (Å²) in [6.07, 6.45) is -5.08. The van der Waals surface area contributed by atoms with Gasteiger partial charge in [-0.15, -0.1) is 0 Å². The van der Waals surface area contributed by atoms with Crippen molar-refractivity contribution in [3.05, 3.63) is 108 Å². The Morgan fingerprint density at radius 3 is 2.03 bits per heavy atom. The number of aromatic nitrogens is 2. The summed E-state index contributed by atoms with van der Waals surface area (Å²) in [6, 6.07) is 33.5. The molecule has 0 spiro atoms. The molecule has 0 aliphatic heterocycles. The topological polar surface area (TPSA) is 87.2 Å². The van der Waals surface area contributed by atoms with Gasteiger partial charge < -0.3 is 20.1 Å². The zero-order chi connectivity index (χ0) is 27.8. The minimum atomic E-state index is -5.08. The molecule has 0 saturated carbocycles. The highest BCUT2D eigenvalue weighted by Crippen LogP contribution is 2.26. The molecule has 0 atom stereocenters. The maximum absolute atomic E-state index is 10.6. The van der Waals surface area contributed by atoms with Crippen LogP contribution in [0.3, 0.4) is 0 Å². The van der Waals surface area contributed by atoms with Crippen molar-refractivity contribution in [3.8, 4) is 28.3 Å². The number of ether oxygens (including phenoxy) is 1. The molecule has 0 amide bonds. The first-order valence-electron chi connectivity index (χ1n) is 12.0. The highest BCUT2D eigenvalue weighted by atomic mass is 19.4. The molecule has 9 heteroatoms. The monoisotopic (exact) mass is 533 g/mol. The van der Waals surface area contributed by atoms with Crippen molar-refractivity contribution in [2.75, 3.05) is 7.11 Å². The number of carboxylic acids is 1. The van der Waals surface area contributed by atoms with Crippen LogP contribution in [0.15, 0.2) is 97.1 Å². The van der Waals surface area contributed by atoms with Crippen molar-refractivity contribution in [2.45, 2.75) is 19.3 Å². The predicted molar refractivity (Wildman–Crippen MR) is 144 cm³/mol. The number of hydrogen-bond acceptors (Lipinski definition) is 4. The number of imidazole rings is 1. The molecular weight excluding hydrogens is 507 g/mol. The number of nitrogens with zero attached hydrogens (tertiary/aromatic N) is 1. The molecule has 39 heavy (non-hydrogen) atoms. The van der Waals surface area contributed by atoms with E-state index < -0.39 is 12.1 Å². The van der Waals surface area contributed by atoms with Crippen LogP contribution in [0.1, 0.15) is 11.1 Å². The van der Waals surface area contributed by atoms with Crippen molar-refractivity contribution in [1.82, 2.24) is 15.3 Å². The Kier molecular flexibility index (Phi) is 8.63. The summed E-state index contributed by atoms with van der Waals surface area (Å²) in [5.41, 5.74) is 8.01. The molecule has 0 radical (unpaired) electrons. The van der Waals surface area contributed by atoms with Crippen LogP contribution in [-0.4, -0.2) is 34.3 Å². The smallest absolute Gasteiger partial charge is 0.490 e. The number of carboxylic acid groups (broad SMARTS) is 1. The molecule has 5 aromatic rings. The summed E-state index contributed by atoms with van der Waals surface area (Å²) >= 11 is 0. The first-order chi connectivity index (χ1) is 18.7. The van der Waals surface area contributed by atoms with Gasteiger partial charge in [0.2, 0.25) is 0 Å². The largest absolute Gasteiger partial charge is 0.497 e. The van der Waals surface area contributed by atoms with Crippen LogP contribution in [0.5, 0.6) is 5.75 Å². The molecule has 0 aliphatic rings. The third-order valence-electron chi connectivity index (χ3n) is 5.87. The van der Waals surface area contributed by atoms with Crippen LogP contribution in [0.4, 0.5) is 13.2 Å². The van der Waals surface area contributed by atoms with E-state index in [0.29, 0.717) is 0 Å². The van der Waals surface area contributed by atoms with Gasteiger partial charge in [0.15, 0.2) is 0 Å². The third kappa shape index (κ3) is 7.45. The van der Waals surface area contributed by atoms with Gasteiger partial charge in [-0.05, 0) is 52.6 Å². The van der Waals surface area contributed by atoms with Crippen LogP contribution in [-0.2, 0) is 17.9 Å². The van der Waals surface area contributed by atoms with Gasteiger partial charge in [0.25, 0.3) is 0 Å². The summed E-state index contributed by atoms with van der Waals surface area (Å²) in [4.78, 5) is 17.0. The molecule has 1 heterocycles. The Hall–Kier alpha value is -4.63. The Balaban J connectivity index is 0.000000448. The molecule has 0 aliphatic carbocycles. The lowest BCUT2D eigenvalue weighted by Crippen LogP contribution is -2.21. The van der Waals surface area contributed by atoms with Crippen molar-refractivity contribution >= 4 is 17.0 Å². The molecule has 0 unspecified atom stereocenters. The molecule has 3 N–H and O–H groups in total. The Morgan fingerprint density at radius 1 is 0.846 bits per heavy atom. The number of aromatic amines is 1. The lowest BCUT2D eigenvalue weighted by molar-refractivity contribution is -0.192. The average Bonchev–Trinajstić information content (AvgIpc) is 3.38. The number of hydrogen-bond donors (Lipinski definition) is 3. The quantitative estimate of drug-likeness (QED) is 0.214. The van der Waals surface area contributed by atoms with Gasteiger partial charge in [-0.25, -0.2) is 9.78 Å². The van der Waals surface area contributed by atoms with Crippen molar-refractivity contribution < 1.29 is 27.8 Å².